The molecule has 0 unspecified atom stereocenters. The van der Waals surface area contributed by atoms with Gasteiger partial charge in [0.05, 0.1) is 22.4 Å². The average Bonchev–Trinajstić information content (AvgIpc) is 3.22. The molecule has 2 heterocycles. The second-order valence-corrected chi connectivity index (χ2v) is 6.57. The van der Waals surface area contributed by atoms with Gasteiger partial charge in [0.2, 0.25) is 0 Å². The second kappa shape index (κ2) is 7.05. The normalized spacial score (nSPS) is 13.8. The van der Waals surface area contributed by atoms with Gasteiger partial charge in [0.15, 0.2) is 0 Å². The molecule has 3 rings (SSSR count). The van der Waals surface area contributed by atoms with Crippen LogP contribution in [0.3, 0.4) is 0 Å². The van der Waals surface area contributed by atoms with E-state index in [2.05, 4.69) is 20.4 Å². The highest BCUT2D eigenvalue weighted by molar-refractivity contribution is 7.16. The summed E-state index contributed by atoms with van der Waals surface area (Å²) in [5, 5.41) is 21.8. The van der Waals surface area contributed by atoms with Gasteiger partial charge in [-0.25, -0.2) is 9.79 Å². The number of rotatable bonds is 6. The number of esters is 1. The molecule has 0 aliphatic heterocycles. The predicted octanol–water partition coefficient (Wildman–Crippen LogP) is 2.10. The fourth-order valence-electron chi connectivity index (χ4n) is 2.67. The molecule has 0 spiro atoms. The average molecular weight is 364 g/mol. The molecular formula is C14H16N6O4S. The molecule has 0 saturated carbocycles. The Bertz CT molecular complexity index is 856. The molecule has 11 heteroatoms. The zero-order valence-electron chi connectivity index (χ0n) is 13.8. The molecule has 0 aromatic carbocycles. The van der Waals surface area contributed by atoms with Crippen LogP contribution in [0.4, 0.5) is 10.9 Å². The fraction of sp³-hybridized carbons (Fsp3) is 0.500. The van der Waals surface area contributed by atoms with Crippen LogP contribution in [0.25, 0.3) is 0 Å². The van der Waals surface area contributed by atoms with E-state index in [-0.39, 0.29) is 12.5 Å². The minimum atomic E-state index is -0.710. The van der Waals surface area contributed by atoms with Crippen LogP contribution in [0.5, 0.6) is 0 Å². The van der Waals surface area contributed by atoms with E-state index in [9.17, 15) is 14.9 Å². The van der Waals surface area contributed by atoms with Crippen molar-refractivity contribution in [3.63, 3.8) is 0 Å². The molecule has 25 heavy (non-hydrogen) atoms. The smallest absolute Gasteiger partial charge is 0.462 e. The van der Waals surface area contributed by atoms with Gasteiger partial charge in [-0.15, -0.1) is 11.3 Å². The number of ether oxygens (including phenoxy) is 1. The summed E-state index contributed by atoms with van der Waals surface area (Å²) >= 11 is 1.49. The van der Waals surface area contributed by atoms with Crippen LogP contribution in [0.15, 0.2) is 4.99 Å². The Morgan fingerprint density at radius 2 is 2.28 bits per heavy atom. The third kappa shape index (κ3) is 3.55. The van der Waals surface area contributed by atoms with Gasteiger partial charge in [0.25, 0.3) is 0 Å². The first-order valence-electron chi connectivity index (χ1n) is 7.77. The van der Waals surface area contributed by atoms with Gasteiger partial charge in [-0.05, 0) is 43.6 Å². The lowest BCUT2D eigenvalue weighted by molar-refractivity contribution is -0.394. The summed E-state index contributed by atoms with van der Waals surface area (Å²) in [6.45, 7) is 3.96. The Labute approximate surface area is 146 Å². The van der Waals surface area contributed by atoms with Gasteiger partial charge in [-0.3, -0.25) is 0 Å². The highest BCUT2D eigenvalue weighted by atomic mass is 32.1. The van der Waals surface area contributed by atoms with E-state index in [1.54, 1.807) is 13.8 Å². The van der Waals surface area contributed by atoms with Crippen LogP contribution in [0, 0.1) is 10.1 Å². The Hall–Kier alpha value is -2.69. The van der Waals surface area contributed by atoms with Gasteiger partial charge in [-0.2, -0.15) is 0 Å². The molecule has 0 bridgehead atoms. The van der Waals surface area contributed by atoms with Crippen LogP contribution in [-0.2, 0) is 24.1 Å². The Morgan fingerprint density at radius 1 is 1.48 bits per heavy atom. The summed E-state index contributed by atoms with van der Waals surface area (Å²) in [7, 11) is 0. The van der Waals surface area contributed by atoms with E-state index in [1.165, 1.54) is 16.2 Å². The van der Waals surface area contributed by atoms with Crippen molar-refractivity contribution in [3.8, 4) is 0 Å². The van der Waals surface area contributed by atoms with Crippen molar-refractivity contribution in [2.24, 2.45) is 4.99 Å². The quantitative estimate of drug-likeness (QED) is 0.332. The summed E-state index contributed by atoms with van der Waals surface area (Å²) < 4.78 is 5.17. The fourth-order valence-corrected chi connectivity index (χ4v) is 3.99. The maximum atomic E-state index is 12.3. The number of tetrazole rings is 1. The van der Waals surface area contributed by atoms with Crippen molar-refractivity contribution in [2.45, 2.75) is 39.7 Å². The van der Waals surface area contributed by atoms with E-state index >= 15 is 0 Å². The molecule has 1 aliphatic carbocycles. The topological polar surface area (TPSA) is 125 Å². The molecule has 2 aromatic heterocycles. The van der Waals surface area contributed by atoms with Gasteiger partial charge >= 0.3 is 11.9 Å². The highest BCUT2D eigenvalue weighted by Crippen LogP contribution is 2.41. The molecule has 0 fully saturated rings. The lowest BCUT2D eigenvalue weighted by atomic mass is 10.1. The van der Waals surface area contributed by atoms with Crippen molar-refractivity contribution in [1.82, 2.24) is 20.2 Å². The SMILES string of the molecule is CCOC(=O)c1c(N=C(C)Cn2nnc([N+](=O)[O-])n2)sc2c1CCC2. The zero-order valence-corrected chi connectivity index (χ0v) is 14.6. The van der Waals surface area contributed by atoms with Crippen LogP contribution >= 0.6 is 11.3 Å². The van der Waals surface area contributed by atoms with Gasteiger partial charge < -0.3 is 14.9 Å². The third-order valence-corrected chi connectivity index (χ3v) is 4.84. The molecule has 0 amide bonds. The predicted molar refractivity (Wildman–Crippen MR) is 89.5 cm³/mol. The number of nitro groups is 1. The number of hydrogen-bond acceptors (Lipinski definition) is 9. The number of aliphatic imine (C=N–C) groups is 1. The molecular weight excluding hydrogens is 348 g/mol. The van der Waals surface area contributed by atoms with Crippen LogP contribution in [-0.4, -0.2) is 43.4 Å². The van der Waals surface area contributed by atoms with E-state index in [0.717, 1.165) is 29.6 Å². The Balaban J connectivity index is 1.86. The van der Waals surface area contributed by atoms with Crippen molar-refractivity contribution < 1.29 is 14.5 Å². The first-order valence-corrected chi connectivity index (χ1v) is 8.59. The molecule has 0 saturated heterocycles. The molecule has 10 nitrogen and oxygen atoms in total. The molecule has 0 N–H and O–H groups in total. The largest absolute Gasteiger partial charge is 0.514 e. The van der Waals surface area contributed by atoms with Gasteiger partial charge in [0.1, 0.15) is 11.5 Å². The summed E-state index contributed by atoms with van der Waals surface area (Å²) in [4.78, 5) is 29.0. The van der Waals surface area contributed by atoms with Crippen LogP contribution in [0.2, 0.25) is 0 Å². The zero-order chi connectivity index (χ0) is 18.0. The van der Waals surface area contributed by atoms with Crippen LogP contribution in [0.1, 0.15) is 41.1 Å². The van der Waals surface area contributed by atoms with E-state index < -0.39 is 10.9 Å². The second-order valence-electron chi connectivity index (χ2n) is 5.48. The standard InChI is InChI=1S/C14H16N6O4S/c1-3-24-13(21)11-9-5-4-6-10(9)25-12(11)15-8(2)7-19-17-14(16-18-19)20(22)23/h3-7H2,1-2H3. The molecule has 132 valence electrons. The molecule has 1 aliphatic rings. The number of hydrogen-bond donors (Lipinski definition) is 0. The van der Waals surface area contributed by atoms with Gasteiger partial charge in [0, 0.05) is 15.8 Å². The number of nitrogens with zero attached hydrogens (tertiary/aromatic N) is 6. The van der Waals surface area contributed by atoms with Crippen molar-refractivity contribution >= 4 is 34.0 Å². The Kier molecular flexibility index (Phi) is 4.83. The molecule has 0 radical (unpaired) electrons. The Morgan fingerprint density at radius 3 is 2.96 bits per heavy atom. The first-order chi connectivity index (χ1) is 12.0. The summed E-state index contributed by atoms with van der Waals surface area (Å²) in [5.41, 5.74) is 2.18. The number of aromatic nitrogens is 4. The monoisotopic (exact) mass is 364 g/mol. The first kappa shape index (κ1) is 17.1. The number of fused-ring (bicyclic) bond motifs is 1. The number of aryl methyl sites for hydroxylation is 1. The number of carbonyl (C=O) groups excluding carboxylic acids is 1. The maximum Gasteiger partial charge on any atom is 0.514 e. The maximum absolute atomic E-state index is 12.3. The van der Waals surface area contributed by atoms with Crippen molar-refractivity contribution in [2.75, 3.05) is 6.61 Å². The van der Waals surface area contributed by atoms with E-state index in [0.29, 0.717) is 22.9 Å². The molecule has 0 atom stereocenters. The minimum absolute atomic E-state index is 0.145. The summed E-state index contributed by atoms with van der Waals surface area (Å²) in [5.74, 6) is -0.918. The number of carbonyl (C=O) groups is 1. The number of thiophene rings is 1. The lowest BCUT2D eigenvalue weighted by Gasteiger charge is -2.04. The van der Waals surface area contributed by atoms with Gasteiger partial charge in [-0.1, -0.05) is 4.80 Å². The third-order valence-electron chi connectivity index (χ3n) is 3.65. The van der Waals surface area contributed by atoms with Crippen LogP contribution < -0.4 is 0 Å². The van der Waals surface area contributed by atoms with E-state index in [1.807, 2.05) is 0 Å². The highest BCUT2D eigenvalue weighted by Gasteiger charge is 2.27. The lowest BCUT2D eigenvalue weighted by Crippen LogP contribution is -2.11. The molecule has 2 aromatic rings. The van der Waals surface area contributed by atoms with Crippen molar-refractivity contribution in [3.05, 3.63) is 26.1 Å². The minimum Gasteiger partial charge on any atom is -0.462 e. The van der Waals surface area contributed by atoms with Crippen molar-refractivity contribution in [1.29, 1.82) is 0 Å². The summed E-state index contributed by atoms with van der Waals surface area (Å²) in [6, 6.07) is 0. The summed E-state index contributed by atoms with van der Waals surface area (Å²) in [6.07, 6.45) is 2.83. The van der Waals surface area contributed by atoms with E-state index in [4.69, 9.17) is 4.74 Å².